The van der Waals surface area contributed by atoms with Gasteiger partial charge in [0, 0.05) is 50.6 Å². The molecule has 2 saturated heterocycles. The first-order valence-corrected chi connectivity index (χ1v) is 9.33. The van der Waals surface area contributed by atoms with E-state index in [1.54, 1.807) is 12.3 Å². The molecule has 0 amide bonds. The van der Waals surface area contributed by atoms with Gasteiger partial charge in [0.2, 0.25) is 5.95 Å². The molecule has 0 radical (unpaired) electrons. The Balaban J connectivity index is 1.49. The molecule has 2 fully saturated rings. The zero-order valence-electron chi connectivity index (χ0n) is 14.9. The Labute approximate surface area is 153 Å². The number of pyridine rings is 1. The number of H-pyrrole nitrogens is 1. The lowest BCUT2D eigenvalue weighted by Crippen LogP contribution is -2.39. The number of morpholine rings is 1. The molecule has 4 rings (SSSR count). The number of piperidine rings is 1. The predicted molar refractivity (Wildman–Crippen MR) is 99.4 cm³/mol. The van der Waals surface area contributed by atoms with E-state index in [9.17, 15) is 4.79 Å². The third-order valence-electron chi connectivity index (χ3n) is 5.11. The lowest BCUT2D eigenvalue weighted by Gasteiger charge is -2.33. The number of likely N-dealkylation sites (tertiary alicyclic amines) is 1. The number of hydrogen-bond donors (Lipinski definition) is 1. The summed E-state index contributed by atoms with van der Waals surface area (Å²) in [6.45, 7) is 5.78. The van der Waals surface area contributed by atoms with Gasteiger partial charge in [-0.2, -0.15) is 0 Å². The second kappa shape index (κ2) is 7.97. The molecular weight excluding hydrogens is 330 g/mol. The zero-order chi connectivity index (χ0) is 17.8. The van der Waals surface area contributed by atoms with E-state index in [1.807, 2.05) is 12.3 Å². The molecule has 2 aromatic rings. The quantitative estimate of drug-likeness (QED) is 0.893. The van der Waals surface area contributed by atoms with Gasteiger partial charge in [-0.1, -0.05) is 6.07 Å². The largest absolute Gasteiger partial charge is 0.378 e. The van der Waals surface area contributed by atoms with Crippen molar-refractivity contribution in [3.8, 4) is 0 Å². The molecule has 0 bridgehead atoms. The zero-order valence-corrected chi connectivity index (χ0v) is 14.9. The minimum atomic E-state index is -0.0686. The maximum absolute atomic E-state index is 12.2. The van der Waals surface area contributed by atoms with Crippen molar-refractivity contribution in [2.24, 2.45) is 0 Å². The van der Waals surface area contributed by atoms with Crippen LogP contribution in [0.5, 0.6) is 0 Å². The predicted octanol–water partition coefficient (Wildman–Crippen LogP) is 1.38. The summed E-state index contributed by atoms with van der Waals surface area (Å²) < 4.78 is 5.40. The standard InChI is InChI=1S/C19H25N5O2/c25-18-11-17(21-19(22-18)24-7-9-26-10-8-24)16-4-2-6-23(14-16)13-15-3-1-5-20-12-15/h1,3,5,11-12,16H,2,4,6-10,13-14H2,(H,21,22,25). The fraction of sp³-hybridized carbons (Fsp3) is 0.526. The van der Waals surface area contributed by atoms with Gasteiger partial charge in [-0.15, -0.1) is 0 Å². The molecule has 0 saturated carbocycles. The Bertz CT molecular complexity index is 773. The van der Waals surface area contributed by atoms with E-state index in [2.05, 4.69) is 25.8 Å². The summed E-state index contributed by atoms with van der Waals surface area (Å²) in [5, 5.41) is 0. The van der Waals surface area contributed by atoms with Gasteiger partial charge in [-0.3, -0.25) is 19.7 Å². The van der Waals surface area contributed by atoms with Gasteiger partial charge in [0.25, 0.3) is 5.56 Å². The lowest BCUT2D eigenvalue weighted by atomic mass is 9.94. The molecule has 26 heavy (non-hydrogen) atoms. The highest BCUT2D eigenvalue weighted by Gasteiger charge is 2.24. The molecule has 2 aliphatic heterocycles. The molecule has 0 aliphatic carbocycles. The van der Waals surface area contributed by atoms with Crippen molar-refractivity contribution in [1.82, 2.24) is 19.9 Å². The van der Waals surface area contributed by atoms with Crippen LogP contribution in [0.1, 0.15) is 30.0 Å². The van der Waals surface area contributed by atoms with Gasteiger partial charge in [0.1, 0.15) is 0 Å². The molecule has 1 N–H and O–H groups in total. The van der Waals surface area contributed by atoms with Crippen LogP contribution in [0.25, 0.3) is 0 Å². The first-order valence-electron chi connectivity index (χ1n) is 9.33. The van der Waals surface area contributed by atoms with Crippen LogP contribution in [0.3, 0.4) is 0 Å². The van der Waals surface area contributed by atoms with Gasteiger partial charge in [-0.05, 0) is 31.0 Å². The van der Waals surface area contributed by atoms with Crippen molar-refractivity contribution >= 4 is 5.95 Å². The Morgan fingerprint density at radius 1 is 1.27 bits per heavy atom. The van der Waals surface area contributed by atoms with Crippen LogP contribution in [-0.2, 0) is 11.3 Å². The van der Waals surface area contributed by atoms with Gasteiger partial charge < -0.3 is 9.64 Å². The summed E-state index contributed by atoms with van der Waals surface area (Å²) in [5.41, 5.74) is 2.06. The van der Waals surface area contributed by atoms with Gasteiger partial charge in [0.05, 0.1) is 18.9 Å². The Morgan fingerprint density at radius 3 is 2.96 bits per heavy atom. The number of nitrogens with one attached hydrogen (secondary N) is 1. The number of aromatic nitrogens is 3. The van der Waals surface area contributed by atoms with Crippen molar-refractivity contribution in [2.75, 3.05) is 44.3 Å². The first kappa shape index (κ1) is 17.2. The van der Waals surface area contributed by atoms with Crippen molar-refractivity contribution in [3.63, 3.8) is 0 Å². The molecule has 1 atom stereocenters. The SMILES string of the molecule is O=c1cc(C2CCCN(Cc3cccnc3)C2)nc(N2CCOCC2)[nH]1. The van der Waals surface area contributed by atoms with Crippen molar-refractivity contribution in [2.45, 2.75) is 25.3 Å². The van der Waals surface area contributed by atoms with Crippen LogP contribution in [0.2, 0.25) is 0 Å². The third-order valence-corrected chi connectivity index (χ3v) is 5.11. The van der Waals surface area contributed by atoms with Gasteiger partial charge >= 0.3 is 0 Å². The average molecular weight is 355 g/mol. The number of nitrogens with zero attached hydrogens (tertiary/aromatic N) is 4. The molecule has 4 heterocycles. The third kappa shape index (κ3) is 4.11. The van der Waals surface area contributed by atoms with E-state index in [0.717, 1.165) is 51.3 Å². The van der Waals surface area contributed by atoms with Crippen molar-refractivity contribution < 1.29 is 4.74 Å². The molecule has 0 spiro atoms. The summed E-state index contributed by atoms with van der Waals surface area (Å²) in [7, 11) is 0. The molecule has 1 unspecified atom stereocenters. The fourth-order valence-electron chi connectivity index (χ4n) is 3.79. The van der Waals surface area contributed by atoms with Gasteiger partial charge in [-0.25, -0.2) is 4.98 Å². The summed E-state index contributed by atoms with van der Waals surface area (Å²) in [4.78, 5) is 28.6. The minimum Gasteiger partial charge on any atom is -0.378 e. The van der Waals surface area contributed by atoms with Crippen molar-refractivity contribution in [1.29, 1.82) is 0 Å². The second-order valence-electron chi connectivity index (χ2n) is 7.03. The summed E-state index contributed by atoms with van der Waals surface area (Å²) in [6, 6.07) is 5.75. The van der Waals surface area contributed by atoms with Crippen LogP contribution >= 0.6 is 0 Å². The lowest BCUT2D eigenvalue weighted by molar-refractivity contribution is 0.122. The average Bonchev–Trinajstić information content (AvgIpc) is 2.69. The normalized spacial score (nSPS) is 21.7. The molecule has 2 aliphatic rings. The minimum absolute atomic E-state index is 0.0686. The molecular formula is C19H25N5O2. The molecule has 7 heteroatoms. The molecule has 7 nitrogen and oxygen atoms in total. The van der Waals surface area contributed by atoms with Crippen LogP contribution < -0.4 is 10.5 Å². The van der Waals surface area contributed by atoms with Crippen LogP contribution in [0, 0.1) is 0 Å². The summed E-state index contributed by atoms with van der Waals surface area (Å²) in [6.07, 6.45) is 5.91. The van der Waals surface area contributed by atoms with E-state index in [1.165, 1.54) is 5.56 Å². The molecule has 138 valence electrons. The molecule has 0 aromatic carbocycles. The second-order valence-corrected chi connectivity index (χ2v) is 7.03. The van der Waals surface area contributed by atoms with E-state index in [-0.39, 0.29) is 5.56 Å². The number of ether oxygens (including phenoxy) is 1. The van der Waals surface area contributed by atoms with E-state index in [4.69, 9.17) is 9.72 Å². The van der Waals surface area contributed by atoms with Crippen LogP contribution in [-0.4, -0.2) is 59.2 Å². The smallest absolute Gasteiger partial charge is 0.252 e. The number of hydrogen-bond acceptors (Lipinski definition) is 6. The highest BCUT2D eigenvalue weighted by atomic mass is 16.5. The topological polar surface area (TPSA) is 74.3 Å². The Kier molecular flexibility index (Phi) is 5.26. The molecule has 2 aromatic heterocycles. The Hall–Kier alpha value is -2.25. The monoisotopic (exact) mass is 355 g/mol. The number of rotatable bonds is 4. The van der Waals surface area contributed by atoms with Crippen molar-refractivity contribution in [3.05, 3.63) is 52.2 Å². The number of anilines is 1. The maximum atomic E-state index is 12.2. The first-order chi connectivity index (χ1) is 12.8. The maximum Gasteiger partial charge on any atom is 0.252 e. The van der Waals surface area contributed by atoms with E-state index >= 15 is 0 Å². The highest BCUT2D eigenvalue weighted by molar-refractivity contribution is 5.31. The van der Waals surface area contributed by atoms with E-state index < -0.39 is 0 Å². The Morgan fingerprint density at radius 2 is 2.15 bits per heavy atom. The highest BCUT2D eigenvalue weighted by Crippen LogP contribution is 2.26. The summed E-state index contributed by atoms with van der Waals surface area (Å²) >= 11 is 0. The number of aromatic amines is 1. The van der Waals surface area contributed by atoms with Gasteiger partial charge in [0.15, 0.2) is 0 Å². The summed E-state index contributed by atoms with van der Waals surface area (Å²) in [5.74, 6) is 0.975. The van der Waals surface area contributed by atoms with Crippen LogP contribution in [0.4, 0.5) is 5.95 Å². The van der Waals surface area contributed by atoms with Crippen LogP contribution in [0.15, 0.2) is 35.4 Å². The fourth-order valence-corrected chi connectivity index (χ4v) is 3.79. The van der Waals surface area contributed by atoms with E-state index in [0.29, 0.717) is 25.1 Å².